The molecule has 1 aromatic heterocycles. The molecular weight excluding hydrogens is 416 g/mol. The van der Waals surface area contributed by atoms with E-state index in [0.29, 0.717) is 12.1 Å². The van der Waals surface area contributed by atoms with Gasteiger partial charge in [0.1, 0.15) is 0 Å². The average molecular weight is 433 g/mol. The number of rotatable bonds is 6. The van der Waals surface area contributed by atoms with Crippen LogP contribution in [-0.4, -0.2) is 44.9 Å². The van der Waals surface area contributed by atoms with Crippen LogP contribution in [0, 0.1) is 0 Å². The van der Waals surface area contributed by atoms with Gasteiger partial charge in [-0.25, -0.2) is 8.42 Å². The lowest BCUT2D eigenvalue weighted by molar-refractivity contribution is -0.0258. The van der Waals surface area contributed by atoms with Crippen molar-refractivity contribution in [2.75, 3.05) is 21.2 Å². The lowest BCUT2D eigenvalue weighted by Crippen LogP contribution is -2.27. The predicted octanol–water partition coefficient (Wildman–Crippen LogP) is 2.96. The topological polar surface area (TPSA) is 66.9 Å². The second-order valence-electron chi connectivity index (χ2n) is 4.99. The number of hydrogen-bond acceptors (Lipinski definition) is 5. The van der Waals surface area contributed by atoms with Crippen molar-refractivity contribution in [1.29, 1.82) is 0 Å². The van der Waals surface area contributed by atoms with Crippen LogP contribution < -0.4 is 0 Å². The van der Waals surface area contributed by atoms with Crippen LogP contribution in [0.25, 0.3) is 0 Å². The van der Waals surface area contributed by atoms with E-state index in [4.69, 9.17) is 4.84 Å². The molecule has 1 amide bonds. The molecule has 0 saturated carbocycles. The number of halogens is 1. The molecule has 0 unspecified atom stereocenters. The third-order valence-electron chi connectivity index (χ3n) is 3.36. The number of carbonyl (C=O) groups is 1. The minimum atomic E-state index is -3.71. The summed E-state index contributed by atoms with van der Waals surface area (Å²) in [6, 6.07) is 9.68. The molecule has 0 N–H and O–H groups in total. The Morgan fingerprint density at radius 3 is 2.29 bits per heavy atom. The summed E-state index contributed by atoms with van der Waals surface area (Å²) in [7, 11) is 0.571. The summed E-state index contributed by atoms with van der Waals surface area (Å²) in [6.45, 7) is 0.488. The summed E-state index contributed by atoms with van der Waals surface area (Å²) >= 11 is 4.96. The van der Waals surface area contributed by atoms with Gasteiger partial charge in [-0.05, 0) is 52.3 Å². The van der Waals surface area contributed by atoms with Crippen LogP contribution in [0.1, 0.15) is 15.2 Å². The van der Waals surface area contributed by atoms with Gasteiger partial charge in [0.05, 0.1) is 22.3 Å². The first-order valence-corrected chi connectivity index (χ1v) is 9.93. The number of hydroxylamine groups is 1. The SMILES string of the molecule is CON(C)S(=O)(=O)c1ccc(C(=O)N(C)Cc2ccc(Br)s2)cc1. The monoisotopic (exact) mass is 432 g/mol. The van der Waals surface area contributed by atoms with E-state index >= 15 is 0 Å². The molecule has 6 nitrogen and oxygen atoms in total. The molecule has 0 fully saturated rings. The highest BCUT2D eigenvalue weighted by atomic mass is 79.9. The minimum absolute atomic E-state index is 0.0632. The van der Waals surface area contributed by atoms with Crippen molar-refractivity contribution >= 4 is 43.2 Å². The van der Waals surface area contributed by atoms with E-state index in [1.165, 1.54) is 38.4 Å². The van der Waals surface area contributed by atoms with E-state index < -0.39 is 10.0 Å². The zero-order chi connectivity index (χ0) is 17.9. The molecule has 0 spiro atoms. The van der Waals surface area contributed by atoms with Crippen molar-refractivity contribution in [3.63, 3.8) is 0 Å². The van der Waals surface area contributed by atoms with Gasteiger partial charge in [-0.3, -0.25) is 9.63 Å². The minimum Gasteiger partial charge on any atom is -0.337 e. The Kier molecular flexibility index (Phi) is 6.16. The molecule has 0 saturated heterocycles. The van der Waals surface area contributed by atoms with Gasteiger partial charge in [-0.1, -0.05) is 4.47 Å². The second kappa shape index (κ2) is 7.75. The molecule has 9 heteroatoms. The molecule has 0 atom stereocenters. The molecule has 2 aromatic rings. The standard InChI is InChI=1S/C15H17BrN2O4S2/c1-17(10-12-6-9-14(16)23-12)15(19)11-4-7-13(8-5-11)24(20,21)18(2)22-3/h4-9H,10H2,1-3H3. The second-order valence-corrected chi connectivity index (χ2v) is 9.47. The molecule has 24 heavy (non-hydrogen) atoms. The molecule has 1 heterocycles. The zero-order valence-electron chi connectivity index (χ0n) is 13.4. The number of nitrogens with zero attached hydrogens (tertiary/aromatic N) is 2. The summed E-state index contributed by atoms with van der Waals surface area (Å²) in [4.78, 5) is 19.9. The van der Waals surface area contributed by atoms with Crippen molar-refractivity contribution in [1.82, 2.24) is 9.37 Å². The number of carbonyl (C=O) groups excluding carboxylic acids is 1. The maximum atomic E-state index is 12.4. The number of thiophene rings is 1. The van der Waals surface area contributed by atoms with Gasteiger partial charge in [0.15, 0.2) is 0 Å². The first-order chi connectivity index (χ1) is 11.3. The number of hydrogen-bond donors (Lipinski definition) is 0. The molecule has 0 bridgehead atoms. The number of sulfonamides is 1. The van der Waals surface area contributed by atoms with E-state index in [0.717, 1.165) is 13.1 Å². The van der Waals surface area contributed by atoms with Crippen molar-refractivity contribution in [3.8, 4) is 0 Å². The van der Waals surface area contributed by atoms with E-state index in [1.54, 1.807) is 23.3 Å². The van der Waals surface area contributed by atoms with Crippen LogP contribution in [0.5, 0.6) is 0 Å². The van der Waals surface area contributed by atoms with Crippen molar-refractivity contribution in [2.45, 2.75) is 11.4 Å². The van der Waals surface area contributed by atoms with Crippen LogP contribution in [0.15, 0.2) is 45.1 Å². The molecule has 0 radical (unpaired) electrons. The van der Waals surface area contributed by atoms with Crippen molar-refractivity contribution < 1.29 is 18.0 Å². The molecule has 0 aliphatic rings. The lowest BCUT2D eigenvalue weighted by atomic mass is 10.2. The Morgan fingerprint density at radius 1 is 1.17 bits per heavy atom. The van der Waals surface area contributed by atoms with E-state index in [1.807, 2.05) is 12.1 Å². The van der Waals surface area contributed by atoms with Gasteiger partial charge in [0.2, 0.25) is 0 Å². The van der Waals surface area contributed by atoms with E-state index in [2.05, 4.69) is 15.9 Å². The molecule has 2 rings (SSSR count). The first-order valence-electron chi connectivity index (χ1n) is 6.88. The third-order valence-corrected chi connectivity index (χ3v) is 6.67. The van der Waals surface area contributed by atoms with Gasteiger partial charge >= 0.3 is 0 Å². The fourth-order valence-electron chi connectivity index (χ4n) is 1.98. The van der Waals surface area contributed by atoms with Gasteiger partial charge < -0.3 is 4.90 Å². The summed E-state index contributed by atoms with van der Waals surface area (Å²) < 4.78 is 26.0. The Bertz CT molecular complexity index is 818. The van der Waals surface area contributed by atoms with Crippen molar-refractivity contribution in [3.05, 3.63) is 50.6 Å². The largest absolute Gasteiger partial charge is 0.337 e. The maximum Gasteiger partial charge on any atom is 0.264 e. The number of benzene rings is 1. The molecule has 0 aliphatic heterocycles. The Morgan fingerprint density at radius 2 is 1.79 bits per heavy atom. The van der Waals surface area contributed by atoms with Crippen LogP contribution in [0.3, 0.4) is 0 Å². The zero-order valence-corrected chi connectivity index (χ0v) is 16.6. The summed E-state index contributed by atoms with van der Waals surface area (Å²) in [5.41, 5.74) is 0.423. The fraction of sp³-hybridized carbons (Fsp3) is 0.267. The summed E-state index contributed by atoms with van der Waals surface area (Å²) in [5, 5.41) is 0. The summed E-state index contributed by atoms with van der Waals surface area (Å²) in [5.74, 6) is -0.177. The third kappa shape index (κ3) is 4.22. The molecular formula is C15H17BrN2O4S2. The van der Waals surface area contributed by atoms with Crippen LogP contribution in [-0.2, 0) is 21.4 Å². The smallest absolute Gasteiger partial charge is 0.264 e. The normalized spacial score (nSPS) is 11.7. The van der Waals surface area contributed by atoms with Crippen molar-refractivity contribution in [2.24, 2.45) is 0 Å². The van der Waals surface area contributed by atoms with Crippen LogP contribution in [0.4, 0.5) is 0 Å². The van der Waals surface area contributed by atoms with Gasteiger partial charge in [-0.2, -0.15) is 0 Å². The van der Waals surface area contributed by atoms with Crippen LogP contribution in [0.2, 0.25) is 0 Å². The molecule has 1 aromatic carbocycles. The summed E-state index contributed by atoms with van der Waals surface area (Å²) in [6.07, 6.45) is 0. The molecule has 130 valence electrons. The van der Waals surface area contributed by atoms with E-state index in [9.17, 15) is 13.2 Å². The van der Waals surface area contributed by atoms with E-state index in [-0.39, 0.29) is 10.8 Å². The first kappa shape index (κ1) is 19.1. The van der Waals surface area contributed by atoms with Gasteiger partial charge in [0.25, 0.3) is 15.9 Å². The fourth-order valence-corrected chi connectivity index (χ4v) is 4.49. The van der Waals surface area contributed by atoms with Gasteiger partial charge in [-0.15, -0.1) is 11.3 Å². The van der Waals surface area contributed by atoms with Gasteiger partial charge in [0, 0.05) is 24.5 Å². The highest BCUT2D eigenvalue weighted by Gasteiger charge is 2.21. The Labute approximate surface area is 153 Å². The van der Waals surface area contributed by atoms with Crippen LogP contribution >= 0.6 is 27.3 Å². The number of amides is 1. The quantitative estimate of drug-likeness (QED) is 0.657. The highest BCUT2D eigenvalue weighted by molar-refractivity contribution is 9.11. The maximum absolute atomic E-state index is 12.4. The highest BCUT2D eigenvalue weighted by Crippen LogP contribution is 2.23. The predicted molar refractivity (Wildman–Crippen MR) is 96.2 cm³/mol. The molecule has 0 aliphatic carbocycles. The lowest BCUT2D eigenvalue weighted by Gasteiger charge is -2.17. The Hall–Kier alpha value is -1.26. The Balaban J connectivity index is 2.13. The average Bonchev–Trinajstić information content (AvgIpc) is 2.98.